The molecular weight excluding hydrogens is 155 g/mol. The molecule has 1 atom stereocenters. The van der Waals surface area contributed by atoms with Gasteiger partial charge in [0.05, 0.1) is 5.75 Å². The predicted octanol–water partition coefficient (Wildman–Crippen LogP) is 1.82. The van der Waals surface area contributed by atoms with Gasteiger partial charge in [0.25, 0.3) is 6.57 Å². The molecule has 0 heterocycles. The van der Waals surface area contributed by atoms with Crippen LogP contribution in [0.5, 0.6) is 0 Å². The molecular formula is C5H9O2PS. The Morgan fingerprint density at radius 3 is 2.78 bits per heavy atom. The van der Waals surface area contributed by atoms with Gasteiger partial charge in [-0.3, -0.25) is 4.57 Å². The van der Waals surface area contributed by atoms with Crippen molar-refractivity contribution < 1.29 is 9.09 Å². The van der Waals surface area contributed by atoms with Crippen molar-refractivity contribution in [2.75, 3.05) is 19.5 Å². The molecule has 0 N–H and O–H groups in total. The summed E-state index contributed by atoms with van der Waals surface area (Å²) in [5.74, 6) is 2.81. The SMILES string of the molecule is C#CCSP(C)(=O)OC. The standard InChI is InChI=1S/C5H9O2PS/c1-4-5-9-8(3,6)7-2/h1H,5H2,2-3H3. The molecule has 0 radical (unpaired) electrons. The van der Waals surface area contributed by atoms with E-state index in [-0.39, 0.29) is 0 Å². The molecule has 0 aromatic carbocycles. The van der Waals surface area contributed by atoms with Crippen LogP contribution in [-0.2, 0) is 9.09 Å². The van der Waals surface area contributed by atoms with Gasteiger partial charge in [0.1, 0.15) is 0 Å². The summed E-state index contributed by atoms with van der Waals surface area (Å²) in [6.07, 6.45) is 4.94. The fourth-order valence-corrected chi connectivity index (χ4v) is 1.87. The minimum absolute atomic E-state index is 0.446. The summed E-state index contributed by atoms with van der Waals surface area (Å²) in [7, 11) is 1.42. The number of hydrogen-bond donors (Lipinski definition) is 0. The van der Waals surface area contributed by atoms with Gasteiger partial charge in [0.15, 0.2) is 0 Å². The van der Waals surface area contributed by atoms with Gasteiger partial charge in [-0.1, -0.05) is 17.3 Å². The van der Waals surface area contributed by atoms with Gasteiger partial charge >= 0.3 is 0 Å². The van der Waals surface area contributed by atoms with Gasteiger partial charge < -0.3 is 4.52 Å². The molecule has 2 nitrogen and oxygen atoms in total. The Bertz CT molecular complexity index is 161. The van der Waals surface area contributed by atoms with Crippen LogP contribution >= 0.6 is 18.0 Å². The van der Waals surface area contributed by atoms with Crippen molar-refractivity contribution >= 4 is 18.0 Å². The van der Waals surface area contributed by atoms with Crippen LogP contribution in [-0.4, -0.2) is 19.5 Å². The second-order valence-corrected chi connectivity index (χ2v) is 6.65. The molecule has 0 aromatic rings. The molecule has 0 aliphatic carbocycles. The van der Waals surface area contributed by atoms with Gasteiger partial charge in [-0.05, 0) is 0 Å². The van der Waals surface area contributed by atoms with Gasteiger partial charge in [-0.2, -0.15) is 0 Å². The van der Waals surface area contributed by atoms with Crippen molar-refractivity contribution in [3.63, 3.8) is 0 Å². The minimum Gasteiger partial charge on any atom is -0.325 e. The Morgan fingerprint density at radius 1 is 1.89 bits per heavy atom. The zero-order chi connectivity index (χ0) is 7.33. The van der Waals surface area contributed by atoms with E-state index in [1.807, 2.05) is 0 Å². The highest BCUT2D eigenvalue weighted by atomic mass is 32.7. The van der Waals surface area contributed by atoms with E-state index in [1.165, 1.54) is 18.5 Å². The highest BCUT2D eigenvalue weighted by Crippen LogP contribution is 2.54. The summed E-state index contributed by atoms with van der Waals surface area (Å²) in [5, 5.41) is 0. The van der Waals surface area contributed by atoms with Crippen molar-refractivity contribution in [3.05, 3.63) is 0 Å². The van der Waals surface area contributed by atoms with Crippen LogP contribution in [0.3, 0.4) is 0 Å². The highest BCUT2D eigenvalue weighted by molar-refractivity contribution is 8.56. The molecule has 0 amide bonds. The maximum Gasteiger partial charge on any atom is 0.255 e. The summed E-state index contributed by atoms with van der Waals surface area (Å²) in [6.45, 7) is -0.865. The molecule has 0 saturated carbocycles. The Hall–Kier alpha value is 0.1000. The molecule has 0 aromatic heterocycles. The molecule has 0 spiro atoms. The summed E-state index contributed by atoms with van der Waals surface area (Å²) < 4.78 is 15.6. The molecule has 0 bridgehead atoms. The van der Waals surface area contributed by atoms with E-state index in [2.05, 4.69) is 10.4 Å². The molecule has 0 aliphatic rings. The lowest BCUT2D eigenvalue weighted by Gasteiger charge is -2.05. The summed E-state index contributed by atoms with van der Waals surface area (Å²) in [4.78, 5) is 0. The lowest BCUT2D eigenvalue weighted by molar-refractivity contribution is 0.414. The fraction of sp³-hybridized carbons (Fsp3) is 0.600. The van der Waals surface area contributed by atoms with Gasteiger partial charge in [0.2, 0.25) is 0 Å². The van der Waals surface area contributed by atoms with E-state index in [0.717, 1.165) is 0 Å². The molecule has 0 rings (SSSR count). The van der Waals surface area contributed by atoms with Crippen molar-refractivity contribution in [1.29, 1.82) is 0 Å². The third kappa shape index (κ3) is 4.59. The maximum atomic E-state index is 11.0. The first-order chi connectivity index (χ1) is 4.12. The van der Waals surface area contributed by atoms with Crippen molar-refractivity contribution in [1.82, 2.24) is 0 Å². The molecule has 52 valence electrons. The van der Waals surface area contributed by atoms with E-state index in [1.54, 1.807) is 6.66 Å². The summed E-state index contributed by atoms with van der Waals surface area (Å²) in [5.41, 5.74) is 0. The second-order valence-electron chi connectivity index (χ2n) is 1.43. The topological polar surface area (TPSA) is 26.3 Å². The van der Waals surface area contributed by atoms with Crippen molar-refractivity contribution in [3.8, 4) is 12.3 Å². The molecule has 9 heavy (non-hydrogen) atoms. The van der Waals surface area contributed by atoms with Crippen LogP contribution in [0.1, 0.15) is 0 Å². The van der Waals surface area contributed by atoms with E-state index in [4.69, 9.17) is 6.42 Å². The predicted molar refractivity (Wildman–Crippen MR) is 41.8 cm³/mol. The maximum absolute atomic E-state index is 11.0. The molecule has 4 heteroatoms. The Labute approximate surface area is 59.6 Å². The second kappa shape index (κ2) is 4.00. The van der Waals surface area contributed by atoms with E-state index >= 15 is 0 Å². The van der Waals surface area contributed by atoms with Crippen LogP contribution < -0.4 is 0 Å². The lowest BCUT2D eigenvalue weighted by Crippen LogP contribution is -1.77. The van der Waals surface area contributed by atoms with Gasteiger partial charge in [-0.15, -0.1) is 6.42 Å². The van der Waals surface area contributed by atoms with Gasteiger partial charge in [-0.25, -0.2) is 0 Å². The van der Waals surface area contributed by atoms with Crippen LogP contribution in [0.15, 0.2) is 0 Å². The molecule has 1 unspecified atom stereocenters. The minimum atomic E-state index is -2.42. The molecule has 0 aliphatic heterocycles. The van der Waals surface area contributed by atoms with Gasteiger partial charge in [0, 0.05) is 13.8 Å². The first-order valence-corrected chi connectivity index (χ1v) is 6.00. The quantitative estimate of drug-likeness (QED) is 0.470. The first-order valence-electron chi connectivity index (χ1n) is 2.33. The normalized spacial score (nSPS) is 16.1. The summed E-state index contributed by atoms with van der Waals surface area (Å²) >= 11 is 1.18. The van der Waals surface area contributed by atoms with E-state index in [9.17, 15) is 4.57 Å². The lowest BCUT2D eigenvalue weighted by atomic mass is 10.8. The Morgan fingerprint density at radius 2 is 2.44 bits per heavy atom. The number of terminal acetylenes is 1. The van der Waals surface area contributed by atoms with Crippen LogP contribution in [0.25, 0.3) is 0 Å². The Kier molecular flexibility index (Phi) is 4.05. The van der Waals surface area contributed by atoms with Crippen molar-refractivity contribution in [2.45, 2.75) is 0 Å². The molecule has 0 fully saturated rings. The van der Waals surface area contributed by atoms with E-state index < -0.39 is 6.57 Å². The highest BCUT2D eigenvalue weighted by Gasteiger charge is 2.11. The third-order valence-electron chi connectivity index (χ3n) is 0.714. The fourth-order valence-electron chi connectivity index (χ4n) is 0.207. The average Bonchev–Trinajstić information content (AvgIpc) is 1.84. The smallest absolute Gasteiger partial charge is 0.255 e. The third-order valence-corrected chi connectivity index (χ3v) is 4.38. The first kappa shape index (κ1) is 9.10. The van der Waals surface area contributed by atoms with Crippen molar-refractivity contribution in [2.24, 2.45) is 0 Å². The zero-order valence-electron chi connectivity index (χ0n) is 5.46. The monoisotopic (exact) mass is 164 g/mol. The van der Waals surface area contributed by atoms with Crippen LogP contribution in [0.2, 0.25) is 0 Å². The Balaban J connectivity index is 3.63. The summed E-state index contributed by atoms with van der Waals surface area (Å²) in [6, 6.07) is 0. The largest absolute Gasteiger partial charge is 0.325 e. The number of hydrogen-bond acceptors (Lipinski definition) is 3. The zero-order valence-corrected chi connectivity index (χ0v) is 7.17. The van der Waals surface area contributed by atoms with Crippen LogP contribution in [0, 0.1) is 12.3 Å². The average molecular weight is 164 g/mol. The number of rotatable bonds is 3. The van der Waals surface area contributed by atoms with E-state index in [0.29, 0.717) is 5.75 Å². The van der Waals surface area contributed by atoms with Crippen LogP contribution in [0.4, 0.5) is 0 Å². The molecule has 0 saturated heterocycles.